The standard InChI is InChI=1S/C20H26FN3O/c1-20(2,3)17-6-5-15(13-18(17)21)25-16-7-8-22-19(14-16)24-11-9-23(4)10-12-24/h5-8,13-14H,9-12H2,1-4H3. The summed E-state index contributed by atoms with van der Waals surface area (Å²) in [7, 11) is 2.13. The number of rotatable bonds is 3. The Hall–Kier alpha value is -2.14. The maximum absolute atomic E-state index is 14.4. The molecule has 2 aromatic rings. The van der Waals surface area contributed by atoms with Crippen molar-refractivity contribution >= 4 is 5.82 Å². The molecule has 0 amide bonds. The van der Waals surface area contributed by atoms with Gasteiger partial charge in [0.15, 0.2) is 0 Å². The molecular weight excluding hydrogens is 317 g/mol. The maximum atomic E-state index is 14.4. The number of pyridine rings is 1. The summed E-state index contributed by atoms with van der Waals surface area (Å²) < 4.78 is 20.2. The Morgan fingerprint density at radius 2 is 1.68 bits per heavy atom. The van der Waals surface area contributed by atoms with Gasteiger partial charge in [0.1, 0.15) is 23.1 Å². The van der Waals surface area contributed by atoms with Crippen molar-refractivity contribution in [3.8, 4) is 11.5 Å². The molecule has 25 heavy (non-hydrogen) atoms. The molecule has 0 radical (unpaired) electrons. The molecule has 3 rings (SSSR count). The minimum absolute atomic E-state index is 0.228. The molecule has 0 N–H and O–H groups in total. The lowest BCUT2D eigenvalue weighted by atomic mass is 9.87. The lowest BCUT2D eigenvalue weighted by Gasteiger charge is -2.33. The zero-order valence-electron chi connectivity index (χ0n) is 15.4. The van der Waals surface area contributed by atoms with Crippen LogP contribution in [0.15, 0.2) is 36.5 Å². The van der Waals surface area contributed by atoms with Crippen LogP contribution in [0.1, 0.15) is 26.3 Å². The summed E-state index contributed by atoms with van der Waals surface area (Å²) in [6, 6.07) is 8.79. The Morgan fingerprint density at radius 1 is 1.00 bits per heavy atom. The zero-order valence-corrected chi connectivity index (χ0v) is 15.4. The first-order chi connectivity index (χ1) is 11.8. The number of likely N-dealkylation sites (N-methyl/N-ethyl adjacent to an activating group) is 1. The van der Waals surface area contributed by atoms with Crippen molar-refractivity contribution in [3.05, 3.63) is 47.9 Å². The fraction of sp³-hybridized carbons (Fsp3) is 0.450. The number of halogens is 1. The Labute approximate surface area is 149 Å². The predicted molar refractivity (Wildman–Crippen MR) is 99.1 cm³/mol. The highest BCUT2D eigenvalue weighted by Crippen LogP contribution is 2.30. The van der Waals surface area contributed by atoms with Gasteiger partial charge in [-0.25, -0.2) is 9.37 Å². The number of hydrogen-bond acceptors (Lipinski definition) is 4. The van der Waals surface area contributed by atoms with E-state index in [1.54, 1.807) is 18.3 Å². The lowest BCUT2D eigenvalue weighted by Crippen LogP contribution is -2.44. The second-order valence-electron chi connectivity index (χ2n) is 7.63. The van der Waals surface area contributed by atoms with Crippen molar-refractivity contribution < 1.29 is 9.13 Å². The first kappa shape index (κ1) is 17.7. The summed E-state index contributed by atoms with van der Waals surface area (Å²) in [6.45, 7) is 9.92. The van der Waals surface area contributed by atoms with E-state index in [2.05, 4.69) is 21.8 Å². The molecule has 2 heterocycles. The van der Waals surface area contributed by atoms with Crippen molar-refractivity contribution in [2.24, 2.45) is 0 Å². The Kier molecular flexibility index (Phi) is 4.95. The van der Waals surface area contributed by atoms with Crippen LogP contribution in [0.5, 0.6) is 11.5 Å². The topological polar surface area (TPSA) is 28.6 Å². The highest BCUT2D eigenvalue weighted by Gasteiger charge is 2.19. The van der Waals surface area contributed by atoms with E-state index in [0.29, 0.717) is 17.1 Å². The van der Waals surface area contributed by atoms with Crippen molar-refractivity contribution in [1.82, 2.24) is 9.88 Å². The van der Waals surface area contributed by atoms with Crippen LogP contribution in [-0.2, 0) is 5.41 Å². The van der Waals surface area contributed by atoms with Crippen molar-refractivity contribution in [1.29, 1.82) is 0 Å². The van der Waals surface area contributed by atoms with E-state index < -0.39 is 0 Å². The van der Waals surface area contributed by atoms with Gasteiger partial charge in [-0.05, 0) is 30.2 Å². The molecule has 0 atom stereocenters. The maximum Gasteiger partial charge on any atom is 0.132 e. The molecule has 1 aliphatic heterocycles. The summed E-state index contributed by atoms with van der Waals surface area (Å²) in [6.07, 6.45) is 1.74. The van der Waals surface area contributed by atoms with E-state index in [9.17, 15) is 4.39 Å². The van der Waals surface area contributed by atoms with E-state index in [1.165, 1.54) is 6.07 Å². The molecule has 1 aromatic heterocycles. The van der Waals surface area contributed by atoms with Crippen LogP contribution in [0.3, 0.4) is 0 Å². The van der Waals surface area contributed by atoms with Crippen LogP contribution in [-0.4, -0.2) is 43.1 Å². The van der Waals surface area contributed by atoms with E-state index in [1.807, 2.05) is 32.9 Å². The van der Waals surface area contributed by atoms with Crippen LogP contribution in [0, 0.1) is 5.82 Å². The summed E-state index contributed by atoms with van der Waals surface area (Å²) in [4.78, 5) is 9.00. The molecule has 1 saturated heterocycles. The van der Waals surface area contributed by atoms with Crippen molar-refractivity contribution in [3.63, 3.8) is 0 Å². The normalized spacial score (nSPS) is 16.1. The fourth-order valence-electron chi connectivity index (χ4n) is 2.98. The highest BCUT2D eigenvalue weighted by molar-refractivity contribution is 5.45. The molecule has 1 fully saturated rings. The van der Waals surface area contributed by atoms with Crippen molar-refractivity contribution in [2.45, 2.75) is 26.2 Å². The summed E-state index contributed by atoms with van der Waals surface area (Å²) in [5.74, 6) is 1.84. The zero-order chi connectivity index (χ0) is 18.0. The quantitative estimate of drug-likeness (QED) is 0.840. The van der Waals surface area contributed by atoms with E-state index in [4.69, 9.17) is 4.74 Å². The smallest absolute Gasteiger partial charge is 0.132 e. The van der Waals surface area contributed by atoms with Gasteiger partial charge in [-0.2, -0.15) is 0 Å². The van der Waals surface area contributed by atoms with Gasteiger partial charge in [0, 0.05) is 44.5 Å². The lowest BCUT2D eigenvalue weighted by molar-refractivity contribution is 0.312. The Bertz CT molecular complexity index is 734. The Balaban J connectivity index is 1.75. The molecule has 0 saturated carbocycles. The van der Waals surface area contributed by atoms with Gasteiger partial charge in [-0.3, -0.25) is 0 Å². The third-order valence-electron chi connectivity index (χ3n) is 4.53. The van der Waals surface area contributed by atoms with Gasteiger partial charge < -0.3 is 14.5 Å². The predicted octanol–water partition coefficient (Wildman–Crippen LogP) is 4.06. The second kappa shape index (κ2) is 7.00. The molecule has 0 unspecified atom stereocenters. The molecule has 1 aliphatic rings. The molecule has 1 aromatic carbocycles. The fourth-order valence-corrected chi connectivity index (χ4v) is 2.98. The monoisotopic (exact) mass is 343 g/mol. The highest BCUT2D eigenvalue weighted by atomic mass is 19.1. The van der Waals surface area contributed by atoms with E-state index >= 15 is 0 Å². The van der Waals surface area contributed by atoms with Crippen LogP contribution < -0.4 is 9.64 Å². The number of ether oxygens (including phenoxy) is 1. The van der Waals surface area contributed by atoms with Crippen molar-refractivity contribution in [2.75, 3.05) is 38.1 Å². The first-order valence-electron chi connectivity index (χ1n) is 8.70. The minimum Gasteiger partial charge on any atom is -0.457 e. The average molecular weight is 343 g/mol. The first-order valence-corrected chi connectivity index (χ1v) is 8.70. The largest absolute Gasteiger partial charge is 0.457 e. The molecule has 0 spiro atoms. The number of nitrogens with zero attached hydrogens (tertiary/aromatic N) is 3. The number of aromatic nitrogens is 1. The number of anilines is 1. The summed E-state index contributed by atoms with van der Waals surface area (Å²) in [5, 5.41) is 0. The van der Waals surface area contributed by atoms with Crippen LogP contribution in [0.2, 0.25) is 0 Å². The van der Waals surface area contributed by atoms with E-state index in [-0.39, 0.29) is 11.2 Å². The molecule has 0 bridgehead atoms. The van der Waals surface area contributed by atoms with Gasteiger partial charge in [-0.1, -0.05) is 26.8 Å². The number of piperazine rings is 1. The summed E-state index contributed by atoms with van der Waals surface area (Å²) >= 11 is 0. The Morgan fingerprint density at radius 3 is 2.32 bits per heavy atom. The molecule has 134 valence electrons. The molecule has 5 heteroatoms. The van der Waals surface area contributed by atoms with E-state index in [0.717, 1.165) is 32.0 Å². The van der Waals surface area contributed by atoms with Gasteiger partial charge in [0.05, 0.1) is 0 Å². The third kappa shape index (κ3) is 4.28. The van der Waals surface area contributed by atoms with Crippen LogP contribution >= 0.6 is 0 Å². The second-order valence-corrected chi connectivity index (χ2v) is 7.63. The molecule has 0 aliphatic carbocycles. The van der Waals surface area contributed by atoms with Gasteiger partial charge in [0.2, 0.25) is 0 Å². The summed E-state index contributed by atoms with van der Waals surface area (Å²) in [5.41, 5.74) is 0.459. The van der Waals surface area contributed by atoms with Gasteiger partial charge in [0.25, 0.3) is 0 Å². The van der Waals surface area contributed by atoms with Crippen LogP contribution in [0.25, 0.3) is 0 Å². The molecular formula is C20H26FN3O. The minimum atomic E-state index is -0.238. The third-order valence-corrected chi connectivity index (χ3v) is 4.53. The van der Waals surface area contributed by atoms with Crippen LogP contribution in [0.4, 0.5) is 10.2 Å². The van der Waals surface area contributed by atoms with Gasteiger partial charge >= 0.3 is 0 Å². The average Bonchev–Trinajstić information content (AvgIpc) is 2.54. The van der Waals surface area contributed by atoms with Gasteiger partial charge in [-0.15, -0.1) is 0 Å². The number of benzene rings is 1. The molecule has 4 nitrogen and oxygen atoms in total. The number of hydrogen-bond donors (Lipinski definition) is 0. The SMILES string of the molecule is CN1CCN(c2cc(Oc3ccc(C(C)(C)C)c(F)c3)ccn2)CC1.